The van der Waals surface area contributed by atoms with Crippen LogP contribution in [0.25, 0.3) is 10.8 Å². The summed E-state index contributed by atoms with van der Waals surface area (Å²) >= 11 is 0. The Kier molecular flexibility index (Phi) is 5.10. The van der Waals surface area contributed by atoms with Crippen molar-refractivity contribution in [2.75, 3.05) is 0 Å². The molecule has 30 heavy (non-hydrogen) atoms. The van der Waals surface area contributed by atoms with Crippen LogP contribution in [-0.4, -0.2) is 26.4 Å². The Bertz CT molecular complexity index is 1040. The Morgan fingerprint density at radius 2 is 1.60 bits per heavy atom. The number of carbonyl (C=O) groups is 1. The molecule has 0 spiro atoms. The van der Waals surface area contributed by atoms with Gasteiger partial charge in [-0.15, -0.1) is 0 Å². The Morgan fingerprint density at radius 3 is 2.27 bits per heavy atom. The second-order valence-corrected chi connectivity index (χ2v) is 11.5. The standard InChI is InChI=1S/C24H30N2O3S/c1-15(26-30(28,29)22-7-6-18-4-2-3-5-19(18)14-22)8-23(27)25-24-20-10-16-9-17(12-20)13-21(24)11-16/h2-7,14-17,20-21,24,26H,8-13H2,1H3,(H,25,27)/t15-,16?,17?,20?,21?,24?/m1/s1. The molecule has 160 valence electrons. The van der Waals surface area contributed by atoms with Gasteiger partial charge in [-0.1, -0.05) is 30.3 Å². The van der Waals surface area contributed by atoms with E-state index in [0.717, 1.165) is 22.6 Å². The first-order valence-electron chi connectivity index (χ1n) is 11.2. The van der Waals surface area contributed by atoms with Crippen molar-refractivity contribution in [3.63, 3.8) is 0 Å². The van der Waals surface area contributed by atoms with E-state index < -0.39 is 16.1 Å². The van der Waals surface area contributed by atoms with Gasteiger partial charge >= 0.3 is 0 Å². The maximum Gasteiger partial charge on any atom is 0.240 e. The third kappa shape index (κ3) is 3.87. The van der Waals surface area contributed by atoms with Crippen LogP contribution in [0.1, 0.15) is 45.4 Å². The lowest BCUT2D eigenvalue weighted by Gasteiger charge is -2.54. The minimum atomic E-state index is -3.68. The molecular formula is C24H30N2O3S. The van der Waals surface area contributed by atoms with Gasteiger partial charge in [0, 0.05) is 18.5 Å². The molecule has 0 aliphatic heterocycles. The zero-order valence-corrected chi connectivity index (χ0v) is 18.2. The van der Waals surface area contributed by atoms with Crippen LogP contribution in [0.2, 0.25) is 0 Å². The van der Waals surface area contributed by atoms with Gasteiger partial charge in [-0.05, 0) is 85.6 Å². The fourth-order valence-corrected chi connectivity index (χ4v) is 7.67. The topological polar surface area (TPSA) is 75.3 Å². The minimum absolute atomic E-state index is 0.0406. The van der Waals surface area contributed by atoms with Gasteiger partial charge in [-0.25, -0.2) is 13.1 Å². The molecule has 4 fully saturated rings. The molecule has 4 bridgehead atoms. The predicted molar refractivity (Wildman–Crippen MR) is 117 cm³/mol. The number of hydrogen-bond donors (Lipinski definition) is 2. The van der Waals surface area contributed by atoms with Gasteiger partial charge in [-0.2, -0.15) is 0 Å². The SMILES string of the molecule is C[C@H](CC(=O)NC1C2CC3CC(C2)CC1C3)NS(=O)(=O)c1ccc2ccccc2c1. The van der Waals surface area contributed by atoms with Crippen LogP contribution in [0, 0.1) is 23.7 Å². The first-order chi connectivity index (χ1) is 14.4. The summed E-state index contributed by atoms with van der Waals surface area (Å²) in [5.41, 5.74) is 0. The fraction of sp³-hybridized carbons (Fsp3) is 0.542. The first kappa shape index (κ1) is 20.0. The highest BCUT2D eigenvalue weighted by molar-refractivity contribution is 7.89. The number of hydrogen-bond acceptors (Lipinski definition) is 3. The Labute approximate surface area is 178 Å². The van der Waals surface area contributed by atoms with Crippen LogP contribution in [0.4, 0.5) is 0 Å². The molecule has 4 saturated carbocycles. The highest BCUT2D eigenvalue weighted by Gasteiger charge is 2.48. The molecule has 0 radical (unpaired) electrons. The summed E-state index contributed by atoms with van der Waals surface area (Å²) in [6.07, 6.45) is 6.56. The van der Waals surface area contributed by atoms with E-state index in [4.69, 9.17) is 0 Å². The molecule has 4 aliphatic rings. The normalized spacial score (nSPS) is 31.0. The molecule has 0 heterocycles. The molecule has 1 atom stereocenters. The molecular weight excluding hydrogens is 396 g/mol. The molecule has 6 heteroatoms. The fourth-order valence-electron chi connectivity index (χ4n) is 6.39. The molecule has 2 N–H and O–H groups in total. The van der Waals surface area contributed by atoms with Crippen LogP contribution < -0.4 is 10.0 Å². The van der Waals surface area contributed by atoms with E-state index in [1.807, 2.05) is 30.3 Å². The van der Waals surface area contributed by atoms with Crippen LogP contribution in [0.5, 0.6) is 0 Å². The maximum atomic E-state index is 12.8. The zero-order valence-electron chi connectivity index (χ0n) is 17.4. The molecule has 4 aliphatic carbocycles. The monoisotopic (exact) mass is 426 g/mol. The third-order valence-electron chi connectivity index (χ3n) is 7.43. The number of rotatable bonds is 6. The number of fused-ring (bicyclic) bond motifs is 1. The smallest absolute Gasteiger partial charge is 0.240 e. The second kappa shape index (κ2) is 7.65. The highest BCUT2D eigenvalue weighted by Crippen LogP contribution is 2.53. The molecule has 0 aromatic heterocycles. The van der Waals surface area contributed by atoms with Gasteiger partial charge in [-0.3, -0.25) is 4.79 Å². The lowest BCUT2D eigenvalue weighted by molar-refractivity contribution is -0.125. The summed E-state index contributed by atoms with van der Waals surface area (Å²) in [5, 5.41) is 5.15. The first-order valence-corrected chi connectivity index (χ1v) is 12.7. The summed E-state index contributed by atoms with van der Waals surface area (Å²) in [5.74, 6) is 2.94. The lowest BCUT2D eigenvalue weighted by Crippen LogP contribution is -2.56. The molecule has 2 aromatic carbocycles. The zero-order chi connectivity index (χ0) is 20.9. The van der Waals surface area contributed by atoms with Crippen LogP contribution >= 0.6 is 0 Å². The number of carbonyl (C=O) groups excluding carboxylic acids is 1. The van der Waals surface area contributed by atoms with Crippen molar-refractivity contribution in [2.45, 2.75) is 62.4 Å². The second-order valence-electron chi connectivity index (χ2n) is 9.76. The van der Waals surface area contributed by atoms with Crippen molar-refractivity contribution in [2.24, 2.45) is 23.7 Å². The van der Waals surface area contributed by atoms with E-state index in [9.17, 15) is 13.2 Å². The van der Waals surface area contributed by atoms with Crippen LogP contribution in [-0.2, 0) is 14.8 Å². The third-order valence-corrected chi connectivity index (χ3v) is 9.02. The van der Waals surface area contributed by atoms with Crippen LogP contribution in [0.3, 0.4) is 0 Å². The van der Waals surface area contributed by atoms with Crippen molar-refractivity contribution < 1.29 is 13.2 Å². The molecule has 2 aromatic rings. The van der Waals surface area contributed by atoms with Crippen molar-refractivity contribution >= 4 is 26.7 Å². The van der Waals surface area contributed by atoms with E-state index in [-0.39, 0.29) is 23.3 Å². The van der Waals surface area contributed by atoms with Crippen molar-refractivity contribution in [3.8, 4) is 0 Å². The lowest BCUT2D eigenvalue weighted by atomic mass is 9.54. The molecule has 5 nitrogen and oxygen atoms in total. The summed E-state index contributed by atoms with van der Waals surface area (Å²) in [6.45, 7) is 1.76. The highest BCUT2D eigenvalue weighted by atomic mass is 32.2. The quantitative estimate of drug-likeness (QED) is 0.737. The van der Waals surface area contributed by atoms with E-state index >= 15 is 0 Å². The van der Waals surface area contributed by atoms with Crippen molar-refractivity contribution in [1.82, 2.24) is 10.0 Å². The van der Waals surface area contributed by atoms with E-state index in [1.54, 1.807) is 19.1 Å². The van der Waals surface area contributed by atoms with Gasteiger partial charge in [0.25, 0.3) is 0 Å². The number of nitrogens with one attached hydrogen (secondary N) is 2. The van der Waals surface area contributed by atoms with Gasteiger partial charge in [0.15, 0.2) is 0 Å². The summed E-state index contributed by atoms with van der Waals surface area (Å²) in [4.78, 5) is 12.9. The largest absolute Gasteiger partial charge is 0.353 e. The van der Waals surface area contributed by atoms with Gasteiger partial charge in [0.05, 0.1) is 4.90 Å². The molecule has 1 amide bonds. The van der Waals surface area contributed by atoms with Gasteiger partial charge in [0.2, 0.25) is 15.9 Å². The molecule has 0 unspecified atom stereocenters. The summed E-state index contributed by atoms with van der Waals surface area (Å²) in [7, 11) is -3.68. The average Bonchev–Trinajstić information content (AvgIpc) is 2.69. The molecule has 6 rings (SSSR count). The number of amides is 1. The van der Waals surface area contributed by atoms with E-state index in [2.05, 4.69) is 10.0 Å². The minimum Gasteiger partial charge on any atom is -0.353 e. The van der Waals surface area contributed by atoms with E-state index in [1.165, 1.54) is 32.1 Å². The van der Waals surface area contributed by atoms with Crippen molar-refractivity contribution in [1.29, 1.82) is 0 Å². The van der Waals surface area contributed by atoms with Gasteiger partial charge < -0.3 is 5.32 Å². The Morgan fingerprint density at radius 1 is 0.967 bits per heavy atom. The number of benzene rings is 2. The predicted octanol–water partition coefficient (Wildman–Crippen LogP) is 3.84. The Balaban J connectivity index is 1.20. The maximum absolute atomic E-state index is 12.8. The summed E-state index contributed by atoms with van der Waals surface area (Å²) < 4.78 is 28.3. The van der Waals surface area contributed by atoms with Crippen molar-refractivity contribution in [3.05, 3.63) is 42.5 Å². The van der Waals surface area contributed by atoms with Gasteiger partial charge in [0.1, 0.15) is 0 Å². The average molecular weight is 427 g/mol. The summed E-state index contributed by atoms with van der Waals surface area (Å²) in [6, 6.07) is 12.6. The molecule has 0 saturated heterocycles. The Hall–Kier alpha value is -1.92. The number of sulfonamides is 1. The van der Waals surface area contributed by atoms with E-state index in [0.29, 0.717) is 11.8 Å². The van der Waals surface area contributed by atoms with Crippen LogP contribution in [0.15, 0.2) is 47.4 Å².